The number of anilines is 1. The molecule has 21 heavy (non-hydrogen) atoms. The van der Waals surface area contributed by atoms with Crippen molar-refractivity contribution < 1.29 is 14.3 Å². The van der Waals surface area contributed by atoms with Crippen LogP contribution in [0.2, 0.25) is 0 Å². The first-order valence-corrected chi connectivity index (χ1v) is 6.89. The van der Waals surface area contributed by atoms with Crippen molar-refractivity contribution in [1.29, 1.82) is 0 Å². The van der Waals surface area contributed by atoms with Crippen molar-refractivity contribution in [3.05, 3.63) is 29.6 Å². The Labute approximate surface area is 126 Å². The van der Waals surface area contributed by atoms with Gasteiger partial charge in [-0.1, -0.05) is 6.07 Å². The lowest BCUT2D eigenvalue weighted by Crippen LogP contribution is -2.14. The third kappa shape index (κ3) is 3.40. The molecule has 0 aliphatic carbocycles. The molecule has 0 radical (unpaired) electrons. The van der Waals surface area contributed by atoms with Crippen LogP contribution in [0.25, 0.3) is 0 Å². The quantitative estimate of drug-likeness (QED) is 0.864. The van der Waals surface area contributed by atoms with Gasteiger partial charge in [0, 0.05) is 25.6 Å². The first-order valence-electron chi connectivity index (χ1n) is 6.12. The number of aromatic nitrogens is 2. The highest BCUT2D eigenvalue weighted by molar-refractivity contribution is 7.09. The Bertz CT molecular complexity index is 642. The summed E-state index contributed by atoms with van der Waals surface area (Å²) >= 11 is 1.28. The zero-order valence-electron chi connectivity index (χ0n) is 12.0. The van der Waals surface area contributed by atoms with Gasteiger partial charge in [-0.2, -0.15) is 9.36 Å². The molecule has 0 unspecified atom stereocenters. The van der Waals surface area contributed by atoms with Crippen LogP contribution in [0.1, 0.15) is 16.2 Å². The number of amides is 1. The van der Waals surface area contributed by atoms with Crippen molar-refractivity contribution >= 4 is 22.6 Å². The molecule has 7 nitrogen and oxygen atoms in total. The molecule has 0 spiro atoms. The lowest BCUT2D eigenvalue weighted by Gasteiger charge is -2.12. The molecule has 1 aromatic carbocycles. The number of rotatable bonds is 6. The number of carbonyl (C=O) groups is 1. The van der Waals surface area contributed by atoms with E-state index in [2.05, 4.69) is 9.36 Å². The smallest absolute Gasteiger partial charge is 0.252 e. The number of primary amides is 1. The summed E-state index contributed by atoms with van der Waals surface area (Å²) in [4.78, 5) is 17.6. The summed E-state index contributed by atoms with van der Waals surface area (Å²) in [6, 6.07) is 4.96. The molecule has 2 aromatic rings. The van der Waals surface area contributed by atoms with E-state index in [4.69, 9.17) is 15.2 Å². The van der Waals surface area contributed by atoms with E-state index < -0.39 is 5.91 Å². The van der Waals surface area contributed by atoms with Crippen molar-refractivity contribution in [3.8, 4) is 11.5 Å². The fraction of sp³-hybridized carbons (Fsp3) is 0.308. The van der Waals surface area contributed by atoms with E-state index in [1.54, 1.807) is 18.2 Å². The summed E-state index contributed by atoms with van der Waals surface area (Å²) < 4.78 is 15.0. The molecule has 1 heterocycles. The largest absolute Gasteiger partial charge is 0.493 e. The van der Waals surface area contributed by atoms with Gasteiger partial charge in [0.05, 0.1) is 12.7 Å². The van der Waals surface area contributed by atoms with Gasteiger partial charge in [0.25, 0.3) is 5.91 Å². The zero-order chi connectivity index (χ0) is 15.4. The Morgan fingerprint density at radius 1 is 1.43 bits per heavy atom. The third-order valence-corrected chi connectivity index (χ3v) is 3.57. The second-order valence-corrected chi connectivity index (χ2v) is 5.11. The van der Waals surface area contributed by atoms with Crippen molar-refractivity contribution in [3.63, 3.8) is 0 Å². The lowest BCUT2D eigenvalue weighted by molar-refractivity contribution is 0.0995. The van der Waals surface area contributed by atoms with Crippen LogP contribution in [0.4, 0.5) is 5.13 Å². The second-order valence-electron chi connectivity index (χ2n) is 4.38. The molecule has 0 aliphatic rings. The van der Waals surface area contributed by atoms with Crippen LogP contribution in [0.15, 0.2) is 18.2 Å². The second kappa shape index (κ2) is 6.40. The Morgan fingerprint density at radius 3 is 2.76 bits per heavy atom. The molecule has 0 aliphatic heterocycles. The number of nitrogens with two attached hydrogens (primary N) is 1. The minimum atomic E-state index is -0.580. The van der Waals surface area contributed by atoms with Crippen molar-refractivity contribution in [2.75, 3.05) is 26.1 Å². The molecule has 2 rings (SSSR count). The lowest BCUT2D eigenvalue weighted by atomic mass is 10.2. The molecular weight excluding hydrogens is 292 g/mol. The molecule has 0 fully saturated rings. The van der Waals surface area contributed by atoms with Gasteiger partial charge >= 0.3 is 0 Å². The van der Waals surface area contributed by atoms with E-state index >= 15 is 0 Å². The molecular formula is C13H16N4O3S. The van der Waals surface area contributed by atoms with Gasteiger partial charge in [-0.3, -0.25) is 4.79 Å². The molecule has 112 valence electrons. The monoisotopic (exact) mass is 308 g/mol. The zero-order valence-corrected chi connectivity index (χ0v) is 12.8. The number of hydrogen-bond donors (Lipinski definition) is 1. The first kappa shape index (κ1) is 15.0. The van der Waals surface area contributed by atoms with Crippen molar-refractivity contribution in [2.24, 2.45) is 5.73 Å². The fourth-order valence-electron chi connectivity index (χ4n) is 1.64. The van der Waals surface area contributed by atoms with Crippen LogP contribution in [-0.2, 0) is 6.61 Å². The normalized spacial score (nSPS) is 10.2. The molecule has 1 amide bonds. The van der Waals surface area contributed by atoms with Gasteiger partial charge in [-0.05, 0) is 12.1 Å². The third-order valence-electron chi connectivity index (χ3n) is 2.65. The van der Waals surface area contributed by atoms with E-state index in [0.717, 1.165) is 5.13 Å². The number of carbonyl (C=O) groups excluding carboxylic acids is 1. The number of benzene rings is 1. The topological polar surface area (TPSA) is 90.6 Å². The molecule has 8 heteroatoms. The minimum Gasteiger partial charge on any atom is -0.493 e. The maximum Gasteiger partial charge on any atom is 0.252 e. The van der Waals surface area contributed by atoms with Crippen molar-refractivity contribution in [1.82, 2.24) is 9.36 Å². The average Bonchev–Trinajstić information content (AvgIpc) is 2.93. The Balaban J connectivity index is 2.20. The van der Waals surface area contributed by atoms with Crippen LogP contribution >= 0.6 is 11.5 Å². The van der Waals surface area contributed by atoms with Gasteiger partial charge in [0.15, 0.2) is 17.3 Å². The molecule has 1 aromatic heterocycles. The molecule has 0 bridgehead atoms. The highest BCUT2D eigenvalue weighted by atomic mass is 32.1. The van der Waals surface area contributed by atoms with Crippen LogP contribution in [0, 0.1) is 0 Å². The first-order chi connectivity index (χ1) is 10.0. The van der Waals surface area contributed by atoms with E-state index in [-0.39, 0.29) is 12.2 Å². The van der Waals surface area contributed by atoms with Crippen LogP contribution in [-0.4, -0.2) is 36.5 Å². The summed E-state index contributed by atoms with van der Waals surface area (Å²) in [6.45, 7) is 0.130. The predicted octanol–water partition coefficient (Wildman–Crippen LogP) is 1.29. The SMILES string of the molecule is COc1cccc(C(N)=O)c1OCc1nsc(N(C)C)n1. The van der Waals surface area contributed by atoms with Crippen LogP contribution in [0.3, 0.4) is 0 Å². The molecule has 2 N–H and O–H groups in total. The van der Waals surface area contributed by atoms with Gasteiger partial charge in [-0.25, -0.2) is 0 Å². The van der Waals surface area contributed by atoms with Gasteiger partial charge in [0.1, 0.15) is 6.61 Å². The van der Waals surface area contributed by atoms with E-state index in [0.29, 0.717) is 17.3 Å². The van der Waals surface area contributed by atoms with Gasteiger partial charge < -0.3 is 20.1 Å². The summed E-state index contributed by atoms with van der Waals surface area (Å²) in [6.07, 6.45) is 0. The number of hydrogen-bond acceptors (Lipinski definition) is 7. The maximum atomic E-state index is 11.4. The van der Waals surface area contributed by atoms with Gasteiger partial charge in [-0.15, -0.1) is 0 Å². The van der Waals surface area contributed by atoms with E-state index in [1.165, 1.54) is 18.6 Å². The summed E-state index contributed by atoms with van der Waals surface area (Å²) in [5.41, 5.74) is 5.60. The van der Waals surface area contributed by atoms with Gasteiger partial charge in [0.2, 0.25) is 5.13 Å². The van der Waals surface area contributed by atoms with Crippen molar-refractivity contribution in [2.45, 2.75) is 6.61 Å². The number of para-hydroxylation sites is 1. The number of methoxy groups -OCH3 is 1. The fourth-order valence-corrected chi connectivity index (χ4v) is 2.23. The van der Waals surface area contributed by atoms with Crippen LogP contribution in [0.5, 0.6) is 11.5 Å². The highest BCUT2D eigenvalue weighted by Crippen LogP contribution is 2.31. The Hall–Kier alpha value is -2.35. The highest BCUT2D eigenvalue weighted by Gasteiger charge is 2.16. The van der Waals surface area contributed by atoms with Crippen LogP contribution < -0.4 is 20.1 Å². The summed E-state index contributed by atoms with van der Waals surface area (Å²) in [5, 5.41) is 0.781. The summed E-state index contributed by atoms with van der Waals surface area (Å²) in [5.74, 6) is 0.692. The average molecular weight is 308 g/mol. The van der Waals surface area contributed by atoms with E-state index in [9.17, 15) is 4.79 Å². The Morgan fingerprint density at radius 2 is 2.19 bits per heavy atom. The predicted molar refractivity (Wildman–Crippen MR) is 80.1 cm³/mol. The summed E-state index contributed by atoms with van der Waals surface area (Å²) in [7, 11) is 5.27. The minimum absolute atomic E-state index is 0.130. The standard InChI is InChI=1S/C13H16N4O3S/c1-17(2)13-15-10(16-21-13)7-20-11-8(12(14)18)5-4-6-9(11)19-3/h4-6H,7H2,1-3H3,(H2,14,18). The molecule has 0 saturated heterocycles. The molecule has 0 saturated carbocycles. The number of ether oxygens (including phenoxy) is 2. The Kier molecular flexibility index (Phi) is 4.59. The molecule has 0 atom stereocenters. The number of nitrogens with zero attached hydrogens (tertiary/aromatic N) is 3. The van der Waals surface area contributed by atoms with E-state index in [1.807, 2.05) is 19.0 Å². The maximum absolute atomic E-state index is 11.4.